The average molecular weight is 211 g/mol. The summed E-state index contributed by atoms with van der Waals surface area (Å²) >= 11 is 0. The molecule has 0 radical (unpaired) electrons. The van der Waals surface area contributed by atoms with E-state index in [4.69, 9.17) is 36.2 Å². The summed E-state index contributed by atoms with van der Waals surface area (Å²) in [6, 6.07) is 0. The van der Waals surface area contributed by atoms with Crippen LogP contribution in [0.3, 0.4) is 0 Å². The standard InChI is InChI=1S/C6H13NO7/c7-6(14-13)5(12)4(11)3(10)2(9)1-8/h2-5,7-13H,1H2/t2-,3-,4+,5-/m1/s1. The van der Waals surface area contributed by atoms with Crippen molar-refractivity contribution in [1.29, 1.82) is 5.41 Å². The summed E-state index contributed by atoms with van der Waals surface area (Å²) in [5.41, 5.74) is 0. The molecule has 0 aliphatic heterocycles. The van der Waals surface area contributed by atoms with Crippen molar-refractivity contribution in [1.82, 2.24) is 0 Å². The lowest BCUT2D eigenvalue weighted by Crippen LogP contribution is -2.48. The Hall–Kier alpha value is -0.770. The molecule has 0 aromatic rings. The highest BCUT2D eigenvalue weighted by atomic mass is 17.1. The average Bonchev–Trinajstić information content (AvgIpc) is 2.23. The van der Waals surface area contributed by atoms with E-state index in [2.05, 4.69) is 4.89 Å². The highest BCUT2D eigenvalue weighted by Gasteiger charge is 2.33. The molecular weight excluding hydrogens is 198 g/mol. The van der Waals surface area contributed by atoms with Gasteiger partial charge in [0.2, 0.25) is 0 Å². The van der Waals surface area contributed by atoms with Gasteiger partial charge in [0.15, 0.2) is 6.10 Å². The van der Waals surface area contributed by atoms with Crippen molar-refractivity contribution in [2.45, 2.75) is 24.4 Å². The minimum absolute atomic E-state index is 0.821. The van der Waals surface area contributed by atoms with Crippen LogP contribution in [0.1, 0.15) is 0 Å². The second-order valence-electron chi connectivity index (χ2n) is 2.63. The van der Waals surface area contributed by atoms with Crippen molar-refractivity contribution >= 4 is 5.90 Å². The van der Waals surface area contributed by atoms with Crippen molar-refractivity contribution in [3.8, 4) is 0 Å². The first-order chi connectivity index (χ1) is 6.45. The van der Waals surface area contributed by atoms with Crippen LogP contribution >= 0.6 is 0 Å². The van der Waals surface area contributed by atoms with E-state index in [1.807, 2.05) is 0 Å². The predicted molar refractivity (Wildman–Crippen MR) is 42.6 cm³/mol. The summed E-state index contributed by atoms with van der Waals surface area (Å²) < 4.78 is 0. The zero-order chi connectivity index (χ0) is 11.3. The molecule has 0 aliphatic carbocycles. The molecule has 4 atom stereocenters. The Bertz CT molecular complexity index is 187. The zero-order valence-electron chi connectivity index (χ0n) is 7.11. The number of hydrogen-bond donors (Lipinski definition) is 7. The summed E-state index contributed by atoms with van der Waals surface area (Å²) in [6.07, 6.45) is -7.45. The lowest BCUT2D eigenvalue weighted by molar-refractivity contribution is -0.174. The van der Waals surface area contributed by atoms with Crippen molar-refractivity contribution in [2.75, 3.05) is 6.61 Å². The molecule has 0 aliphatic rings. The zero-order valence-corrected chi connectivity index (χ0v) is 7.11. The van der Waals surface area contributed by atoms with Gasteiger partial charge in [-0.05, 0) is 0 Å². The van der Waals surface area contributed by atoms with Gasteiger partial charge < -0.3 is 30.4 Å². The molecular formula is C6H13NO7. The van der Waals surface area contributed by atoms with Crippen molar-refractivity contribution in [2.24, 2.45) is 0 Å². The third-order valence-electron chi connectivity index (χ3n) is 1.62. The van der Waals surface area contributed by atoms with Gasteiger partial charge in [-0.1, -0.05) is 0 Å². The highest BCUT2D eigenvalue weighted by Crippen LogP contribution is 2.06. The first kappa shape index (κ1) is 13.2. The van der Waals surface area contributed by atoms with E-state index in [9.17, 15) is 0 Å². The quantitative estimate of drug-likeness (QED) is 0.110. The molecule has 0 unspecified atom stereocenters. The molecule has 84 valence electrons. The highest BCUT2D eigenvalue weighted by molar-refractivity contribution is 5.77. The van der Waals surface area contributed by atoms with E-state index >= 15 is 0 Å². The van der Waals surface area contributed by atoms with Gasteiger partial charge in [-0.25, -0.2) is 5.26 Å². The van der Waals surface area contributed by atoms with Gasteiger partial charge in [0, 0.05) is 0 Å². The SMILES string of the molecule is N=C(OO)[C@H](O)[C@@H](O)[C@H](O)[C@H](O)CO. The van der Waals surface area contributed by atoms with Crippen LogP contribution in [0.15, 0.2) is 0 Å². The van der Waals surface area contributed by atoms with Crippen LogP contribution in [0.2, 0.25) is 0 Å². The smallest absolute Gasteiger partial charge is 0.256 e. The molecule has 0 rings (SSSR count). The maximum atomic E-state index is 9.09. The van der Waals surface area contributed by atoms with Gasteiger partial charge in [0.1, 0.15) is 18.3 Å². The Morgan fingerprint density at radius 2 is 1.64 bits per heavy atom. The van der Waals surface area contributed by atoms with Gasteiger partial charge in [0.25, 0.3) is 5.90 Å². The van der Waals surface area contributed by atoms with Crippen molar-refractivity contribution < 1.29 is 35.7 Å². The van der Waals surface area contributed by atoms with E-state index in [-0.39, 0.29) is 0 Å². The Labute approximate surface area is 79.1 Å². The first-order valence-electron chi connectivity index (χ1n) is 3.68. The van der Waals surface area contributed by atoms with E-state index < -0.39 is 36.9 Å². The molecule has 0 fully saturated rings. The maximum absolute atomic E-state index is 9.09. The van der Waals surface area contributed by atoms with Gasteiger partial charge in [-0.2, -0.15) is 0 Å². The van der Waals surface area contributed by atoms with Crippen LogP contribution in [0.5, 0.6) is 0 Å². The molecule has 8 nitrogen and oxygen atoms in total. The minimum atomic E-state index is -1.99. The molecule has 0 saturated heterocycles. The Morgan fingerprint density at radius 1 is 1.14 bits per heavy atom. The first-order valence-corrected chi connectivity index (χ1v) is 3.68. The Morgan fingerprint density at radius 3 is 2.00 bits per heavy atom. The molecule has 0 saturated carbocycles. The van der Waals surface area contributed by atoms with Crippen LogP contribution in [0.4, 0.5) is 0 Å². The van der Waals surface area contributed by atoms with Crippen molar-refractivity contribution in [3.63, 3.8) is 0 Å². The third-order valence-corrected chi connectivity index (χ3v) is 1.62. The monoisotopic (exact) mass is 211 g/mol. The normalized spacial score (nSPS) is 19.6. The topological polar surface area (TPSA) is 154 Å². The maximum Gasteiger partial charge on any atom is 0.256 e. The predicted octanol–water partition coefficient (Wildman–Crippen LogP) is -3.11. The lowest BCUT2D eigenvalue weighted by atomic mass is 10.0. The molecule has 8 heteroatoms. The largest absolute Gasteiger partial charge is 0.394 e. The summed E-state index contributed by atoms with van der Waals surface area (Å²) in [4.78, 5) is 3.31. The summed E-state index contributed by atoms with van der Waals surface area (Å²) in [5, 5.41) is 59.0. The van der Waals surface area contributed by atoms with Crippen LogP contribution in [0, 0.1) is 5.41 Å². The van der Waals surface area contributed by atoms with Gasteiger partial charge in [-0.15, -0.1) is 0 Å². The number of nitrogens with one attached hydrogen (secondary N) is 1. The van der Waals surface area contributed by atoms with Crippen LogP contribution < -0.4 is 0 Å². The second-order valence-corrected chi connectivity index (χ2v) is 2.63. The van der Waals surface area contributed by atoms with E-state index in [0.717, 1.165) is 0 Å². The lowest BCUT2D eigenvalue weighted by Gasteiger charge is -2.24. The minimum Gasteiger partial charge on any atom is -0.394 e. The van der Waals surface area contributed by atoms with Crippen LogP contribution in [-0.4, -0.2) is 67.7 Å². The third kappa shape index (κ3) is 3.18. The molecule has 0 amide bonds. The van der Waals surface area contributed by atoms with E-state index in [1.165, 1.54) is 0 Å². The number of rotatable bonds is 5. The van der Waals surface area contributed by atoms with E-state index in [1.54, 1.807) is 0 Å². The molecule has 14 heavy (non-hydrogen) atoms. The van der Waals surface area contributed by atoms with E-state index in [0.29, 0.717) is 0 Å². The fourth-order valence-corrected chi connectivity index (χ4v) is 0.731. The number of hydrogen-bond acceptors (Lipinski definition) is 8. The fraction of sp³-hybridized carbons (Fsp3) is 0.833. The molecule has 0 aromatic heterocycles. The van der Waals surface area contributed by atoms with Gasteiger partial charge in [-0.3, -0.25) is 5.41 Å². The molecule has 0 heterocycles. The van der Waals surface area contributed by atoms with Gasteiger partial charge >= 0.3 is 0 Å². The van der Waals surface area contributed by atoms with Gasteiger partial charge in [0.05, 0.1) is 6.61 Å². The summed E-state index contributed by atoms with van der Waals surface area (Å²) in [5.74, 6) is -1.08. The summed E-state index contributed by atoms with van der Waals surface area (Å²) in [7, 11) is 0. The molecule has 0 aromatic carbocycles. The molecule has 0 spiro atoms. The molecule has 0 bridgehead atoms. The number of aliphatic hydroxyl groups is 5. The van der Waals surface area contributed by atoms with Crippen LogP contribution in [-0.2, 0) is 4.89 Å². The Balaban J connectivity index is 4.30. The molecule has 7 N–H and O–H groups in total. The van der Waals surface area contributed by atoms with Crippen LogP contribution in [0.25, 0.3) is 0 Å². The Kier molecular flexibility index (Phi) is 5.53. The second kappa shape index (κ2) is 5.86. The summed E-state index contributed by atoms with van der Waals surface area (Å²) in [6.45, 7) is -0.821. The van der Waals surface area contributed by atoms with Crippen molar-refractivity contribution in [3.05, 3.63) is 0 Å². The number of aliphatic hydroxyl groups excluding tert-OH is 5. The fourth-order valence-electron chi connectivity index (χ4n) is 0.731.